The number of aromatic nitrogens is 2. The number of benzene rings is 2. The van der Waals surface area contributed by atoms with Crippen LogP contribution >= 0.6 is 0 Å². The van der Waals surface area contributed by atoms with E-state index in [4.69, 9.17) is 0 Å². The van der Waals surface area contributed by atoms with Crippen molar-refractivity contribution in [2.45, 2.75) is 26.5 Å². The number of nitro benzene ring substituents is 1. The van der Waals surface area contributed by atoms with E-state index in [0.717, 1.165) is 24.0 Å². The average Bonchev–Trinajstić information content (AvgIpc) is 3.54. The fourth-order valence-corrected chi connectivity index (χ4v) is 5.06. The van der Waals surface area contributed by atoms with E-state index < -0.39 is 22.8 Å². The van der Waals surface area contributed by atoms with E-state index in [0.29, 0.717) is 28.6 Å². The predicted octanol–water partition coefficient (Wildman–Crippen LogP) is 3.30. The molecule has 4 aromatic rings. The lowest BCUT2D eigenvalue weighted by Gasteiger charge is -2.22. The number of nitrogens with one attached hydrogen (secondary N) is 2. The molecule has 2 aromatic carbocycles. The van der Waals surface area contributed by atoms with Crippen LogP contribution in [0.15, 0.2) is 54.9 Å². The summed E-state index contributed by atoms with van der Waals surface area (Å²) in [6, 6.07) is 11.9. The number of nitro groups is 1. The summed E-state index contributed by atoms with van der Waals surface area (Å²) >= 11 is 0. The van der Waals surface area contributed by atoms with Gasteiger partial charge in [0, 0.05) is 65.0 Å². The highest BCUT2D eigenvalue weighted by Gasteiger charge is 2.35. The topological polar surface area (TPSA) is 134 Å². The number of amides is 2. The van der Waals surface area contributed by atoms with Gasteiger partial charge in [-0.15, -0.1) is 0 Å². The Balaban J connectivity index is 1.69. The van der Waals surface area contributed by atoms with Crippen LogP contribution in [0.25, 0.3) is 33.0 Å². The van der Waals surface area contributed by atoms with Gasteiger partial charge in [-0.1, -0.05) is 32.0 Å². The first-order chi connectivity index (χ1) is 17.8. The van der Waals surface area contributed by atoms with Crippen LogP contribution in [-0.2, 0) is 16.1 Å². The number of carbonyl (C=O) groups excluding carboxylic acids is 2. The molecule has 1 aliphatic heterocycles. The molecule has 190 valence electrons. The van der Waals surface area contributed by atoms with Crippen molar-refractivity contribution in [2.24, 2.45) is 0 Å². The minimum atomic E-state index is -0.747. The highest BCUT2D eigenvalue weighted by Crippen LogP contribution is 2.39. The lowest BCUT2D eigenvalue weighted by molar-refractivity contribution is -0.384. The van der Waals surface area contributed by atoms with E-state index in [1.807, 2.05) is 38.1 Å². The zero-order valence-electron chi connectivity index (χ0n) is 20.5. The van der Waals surface area contributed by atoms with E-state index in [9.17, 15) is 24.8 Å². The highest BCUT2D eigenvalue weighted by molar-refractivity contribution is 6.50. The molecule has 5 rings (SSSR count). The number of nitrogens with zero attached hydrogens (tertiary/aromatic N) is 3. The number of carbonyl (C=O) groups is 2. The molecule has 1 aliphatic rings. The number of aliphatic hydroxyl groups excluding tert-OH is 1. The minimum Gasteiger partial charge on any atom is -0.390 e. The summed E-state index contributed by atoms with van der Waals surface area (Å²) in [5.41, 5.74) is 2.74. The van der Waals surface area contributed by atoms with Crippen molar-refractivity contribution in [1.29, 1.82) is 0 Å². The molecule has 2 aromatic heterocycles. The largest absolute Gasteiger partial charge is 0.390 e. The van der Waals surface area contributed by atoms with Gasteiger partial charge in [0.25, 0.3) is 17.5 Å². The minimum absolute atomic E-state index is 0.102. The molecule has 0 aliphatic carbocycles. The van der Waals surface area contributed by atoms with Crippen molar-refractivity contribution in [3.8, 4) is 0 Å². The van der Waals surface area contributed by atoms with E-state index in [1.165, 1.54) is 12.1 Å². The summed E-state index contributed by atoms with van der Waals surface area (Å²) in [7, 11) is 0. The fraction of sp³-hybridized carbons (Fsp3) is 0.259. The van der Waals surface area contributed by atoms with Crippen LogP contribution < -0.4 is 5.32 Å². The molecule has 0 radical (unpaired) electrons. The average molecular weight is 502 g/mol. The maximum atomic E-state index is 13.1. The van der Waals surface area contributed by atoms with Crippen molar-refractivity contribution in [2.75, 3.05) is 19.6 Å². The number of likely N-dealkylation sites (N-methyl/N-ethyl adjacent to an activating group) is 1. The summed E-state index contributed by atoms with van der Waals surface area (Å²) in [4.78, 5) is 42.4. The van der Waals surface area contributed by atoms with E-state index in [1.54, 1.807) is 23.0 Å². The smallest absolute Gasteiger partial charge is 0.271 e. The molecule has 0 spiro atoms. The lowest BCUT2D eigenvalue weighted by Crippen LogP contribution is -2.34. The third-order valence-electron chi connectivity index (χ3n) is 6.91. The van der Waals surface area contributed by atoms with Gasteiger partial charge in [-0.3, -0.25) is 25.0 Å². The molecule has 0 bridgehead atoms. The van der Waals surface area contributed by atoms with Gasteiger partial charge in [-0.25, -0.2) is 0 Å². The third kappa shape index (κ3) is 4.30. The normalized spacial score (nSPS) is 14.8. The third-order valence-corrected chi connectivity index (χ3v) is 6.91. The Kier molecular flexibility index (Phi) is 6.36. The first-order valence-electron chi connectivity index (χ1n) is 12.2. The van der Waals surface area contributed by atoms with Gasteiger partial charge >= 0.3 is 0 Å². The second-order valence-electron chi connectivity index (χ2n) is 9.07. The quantitative estimate of drug-likeness (QED) is 0.183. The van der Waals surface area contributed by atoms with Crippen LogP contribution in [0.2, 0.25) is 0 Å². The molecular formula is C27H27N5O5. The number of para-hydroxylation sites is 1. The standard InChI is InChI=1S/C27H27N5O5/c1-3-30(4-2)13-17(33)14-31-15-21(19-10-9-16(32(36)37)11-23(19)31)25-24(26(34)29-27(25)35)20-12-28-22-8-6-5-7-18(20)22/h5-12,15,17,28,33H,3-4,13-14H2,1-2H3,(H,29,34,35). The van der Waals surface area contributed by atoms with Crippen LogP contribution in [-0.4, -0.2) is 62.0 Å². The Morgan fingerprint density at radius 2 is 1.73 bits per heavy atom. The van der Waals surface area contributed by atoms with Crippen molar-refractivity contribution >= 4 is 50.5 Å². The highest BCUT2D eigenvalue weighted by atomic mass is 16.6. The zero-order valence-corrected chi connectivity index (χ0v) is 20.5. The molecule has 0 fully saturated rings. The summed E-state index contributed by atoms with van der Waals surface area (Å²) in [5, 5.41) is 26.1. The second-order valence-corrected chi connectivity index (χ2v) is 9.07. The van der Waals surface area contributed by atoms with Crippen molar-refractivity contribution < 1.29 is 19.6 Å². The number of hydrogen-bond donors (Lipinski definition) is 3. The first-order valence-corrected chi connectivity index (χ1v) is 12.2. The van der Waals surface area contributed by atoms with E-state index in [2.05, 4.69) is 15.2 Å². The molecule has 1 atom stereocenters. The molecule has 10 nitrogen and oxygen atoms in total. The van der Waals surface area contributed by atoms with Crippen molar-refractivity contribution in [3.05, 3.63) is 76.1 Å². The Morgan fingerprint density at radius 1 is 1.03 bits per heavy atom. The number of non-ortho nitro benzene ring substituents is 1. The summed E-state index contributed by atoms with van der Waals surface area (Å²) in [6.45, 7) is 6.17. The number of fused-ring (bicyclic) bond motifs is 2. The number of aliphatic hydroxyl groups is 1. The summed E-state index contributed by atoms with van der Waals surface area (Å²) < 4.78 is 1.72. The number of imide groups is 1. The van der Waals surface area contributed by atoms with Crippen molar-refractivity contribution in [3.63, 3.8) is 0 Å². The Labute approximate surface area is 212 Å². The number of rotatable bonds is 9. The molecule has 37 heavy (non-hydrogen) atoms. The van der Waals surface area contributed by atoms with Crippen LogP contribution in [0.5, 0.6) is 0 Å². The SMILES string of the molecule is CCN(CC)CC(O)Cn1cc(C2=C(c3c[nH]c4ccccc34)C(=O)NC2=O)c2ccc([N+](=O)[O-])cc21. The van der Waals surface area contributed by atoms with Gasteiger partial charge < -0.3 is 19.6 Å². The molecular weight excluding hydrogens is 474 g/mol. The summed E-state index contributed by atoms with van der Waals surface area (Å²) in [6.07, 6.45) is 2.65. The van der Waals surface area contributed by atoms with Gasteiger partial charge in [0.2, 0.25) is 0 Å². The zero-order chi connectivity index (χ0) is 26.3. The Bertz CT molecular complexity index is 1580. The van der Waals surface area contributed by atoms with Crippen LogP contribution in [0.3, 0.4) is 0 Å². The number of H-pyrrole nitrogens is 1. The molecule has 2 amide bonds. The predicted molar refractivity (Wildman–Crippen MR) is 141 cm³/mol. The van der Waals surface area contributed by atoms with Gasteiger partial charge in [0.1, 0.15) is 0 Å². The molecule has 3 heterocycles. The van der Waals surface area contributed by atoms with Crippen LogP contribution in [0.1, 0.15) is 25.0 Å². The van der Waals surface area contributed by atoms with E-state index >= 15 is 0 Å². The maximum Gasteiger partial charge on any atom is 0.271 e. The lowest BCUT2D eigenvalue weighted by atomic mass is 9.95. The fourth-order valence-electron chi connectivity index (χ4n) is 5.06. The maximum absolute atomic E-state index is 13.1. The molecule has 0 saturated carbocycles. The van der Waals surface area contributed by atoms with Gasteiger partial charge in [0.15, 0.2) is 0 Å². The summed E-state index contributed by atoms with van der Waals surface area (Å²) in [5.74, 6) is -1.04. The van der Waals surface area contributed by atoms with Gasteiger partial charge in [0.05, 0.1) is 27.7 Å². The second kappa shape index (κ2) is 9.64. The molecule has 10 heteroatoms. The Hall–Kier alpha value is -4.28. The van der Waals surface area contributed by atoms with E-state index in [-0.39, 0.29) is 23.4 Å². The number of hydrogen-bond acceptors (Lipinski definition) is 6. The van der Waals surface area contributed by atoms with Gasteiger partial charge in [-0.05, 0) is 25.2 Å². The number of aromatic amines is 1. The molecule has 3 N–H and O–H groups in total. The first kappa shape index (κ1) is 24.4. The van der Waals surface area contributed by atoms with Gasteiger partial charge in [-0.2, -0.15) is 0 Å². The van der Waals surface area contributed by atoms with Crippen molar-refractivity contribution in [1.82, 2.24) is 19.8 Å². The van der Waals surface area contributed by atoms with Crippen LogP contribution in [0.4, 0.5) is 5.69 Å². The van der Waals surface area contributed by atoms with Crippen LogP contribution in [0, 0.1) is 10.1 Å². The monoisotopic (exact) mass is 501 g/mol. The molecule has 0 saturated heterocycles. The molecule has 1 unspecified atom stereocenters. The Morgan fingerprint density at radius 3 is 2.43 bits per heavy atom.